The molecule has 0 aliphatic heterocycles. The van der Waals surface area contributed by atoms with Crippen LogP contribution in [0.1, 0.15) is 26.4 Å². The Bertz CT molecular complexity index is 1070. The van der Waals surface area contributed by atoms with Gasteiger partial charge in [-0.2, -0.15) is 10.2 Å². The molecule has 7 nitrogen and oxygen atoms in total. The predicted molar refractivity (Wildman–Crippen MR) is 104 cm³/mol. The number of methoxy groups -OCH3 is 2. The molecule has 29 heavy (non-hydrogen) atoms. The summed E-state index contributed by atoms with van der Waals surface area (Å²) in [6.07, 6.45) is 0. The van der Waals surface area contributed by atoms with Gasteiger partial charge in [0.15, 0.2) is 0 Å². The van der Waals surface area contributed by atoms with E-state index >= 15 is 0 Å². The Morgan fingerprint density at radius 1 is 0.966 bits per heavy atom. The molecule has 0 saturated heterocycles. The summed E-state index contributed by atoms with van der Waals surface area (Å²) in [5.41, 5.74) is 2.14. The molecule has 1 N–H and O–H groups in total. The lowest BCUT2D eigenvalue weighted by Gasteiger charge is -2.12. The van der Waals surface area contributed by atoms with Gasteiger partial charge in [-0.05, 0) is 55.5 Å². The number of esters is 1. The summed E-state index contributed by atoms with van der Waals surface area (Å²) in [6.45, 7) is 1.79. The van der Waals surface area contributed by atoms with E-state index in [1.165, 1.54) is 44.6 Å². The number of amides is 1. The smallest absolute Gasteiger partial charge is 0.337 e. The molecule has 0 unspecified atom stereocenters. The molecule has 3 aromatic rings. The van der Waals surface area contributed by atoms with Crippen molar-refractivity contribution in [3.05, 3.63) is 71.2 Å². The minimum absolute atomic E-state index is 0.0768. The molecule has 1 aromatic heterocycles. The molecule has 1 heterocycles. The second-order valence-electron chi connectivity index (χ2n) is 6.15. The highest BCUT2D eigenvalue weighted by molar-refractivity contribution is 6.06. The number of halogens is 1. The maximum absolute atomic E-state index is 14.1. The summed E-state index contributed by atoms with van der Waals surface area (Å²) in [5.74, 6) is -1.39. The van der Waals surface area contributed by atoms with Crippen LogP contribution in [0.25, 0.3) is 11.3 Å². The van der Waals surface area contributed by atoms with Gasteiger partial charge in [-0.25, -0.2) is 9.18 Å². The van der Waals surface area contributed by atoms with Gasteiger partial charge in [0.05, 0.1) is 36.9 Å². The first-order valence-electron chi connectivity index (χ1n) is 8.60. The van der Waals surface area contributed by atoms with Gasteiger partial charge in [-0.1, -0.05) is 0 Å². The monoisotopic (exact) mass is 395 g/mol. The number of aryl methyl sites for hydroxylation is 1. The third-order valence-electron chi connectivity index (χ3n) is 4.12. The molecule has 0 fully saturated rings. The Labute approximate surface area is 166 Å². The molecular weight excluding hydrogens is 377 g/mol. The van der Waals surface area contributed by atoms with Gasteiger partial charge in [0.1, 0.15) is 11.6 Å². The van der Waals surface area contributed by atoms with E-state index < -0.39 is 17.7 Å². The van der Waals surface area contributed by atoms with Gasteiger partial charge in [0.25, 0.3) is 5.91 Å². The highest BCUT2D eigenvalue weighted by atomic mass is 19.1. The molecule has 0 radical (unpaired) electrons. The van der Waals surface area contributed by atoms with Crippen molar-refractivity contribution >= 4 is 17.6 Å². The fourth-order valence-electron chi connectivity index (χ4n) is 2.67. The summed E-state index contributed by atoms with van der Waals surface area (Å²) in [4.78, 5) is 24.5. The number of nitrogens with zero attached hydrogens (tertiary/aromatic N) is 2. The van der Waals surface area contributed by atoms with Gasteiger partial charge in [-0.3, -0.25) is 4.79 Å². The van der Waals surface area contributed by atoms with E-state index in [2.05, 4.69) is 20.3 Å². The average molecular weight is 395 g/mol. The molecule has 3 rings (SSSR count). The predicted octanol–water partition coefficient (Wildman–Crippen LogP) is 3.64. The molecule has 0 atom stereocenters. The summed E-state index contributed by atoms with van der Waals surface area (Å²) in [7, 11) is 2.69. The van der Waals surface area contributed by atoms with Gasteiger partial charge in [-0.15, -0.1) is 0 Å². The number of hydrogen-bond donors (Lipinski definition) is 1. The number of carbonyl (C=O) groups excluding carboxylic acids is 2. The van der Waals surface area contributed by atoms with E-state index in [1.807, 2.05) is 0 Å². The highest BCUT2D eigenvalue weighted by Crippen LogP contribution is 2.27. The van der Waals surface area contributed by atoms with Crippen molar-refractivity contribution in [1.29, 1.82) is 0 Å². The Morgan fingerprint density at radius 2 is 1.76 bits per heavy atom. The van der Waals surface area contributed by atoms with Crippen molar-refractivity contribution < 1.29 is 23.5 Å². The van der Waals surface area contributed by atoms with E-state index in [-0.39, 0.29) is 16.8 Å². The van der Waals surface area contributed by atoms with Crippen molar-refractivity contribution in [2.45, 2.75) is 6.92 Å². The van der Waals surface area contributed by atoms with Crippen LogP contribution in [0.15, 0.2) is 48.5 Å². The molecule has 0 bridgehead atoms. The maximum atomic E-state index is 14.1. The summed E-state index contributed by atoms with van der Waals surface area (Å²) in [6, 6.07) is 11.8. The maximum Gasteiger partial charge on any atom is 0.337 e. The molecule has 0 aliphatic carbocycles. The summed E-state index contributed by atoms with van der Waals surface area (Å²) < 4.78 is 24.0. The first-order chi connectivity index (χ1) is 13.9. The Balaban J connectivity index is 1.93. The fourth-order valence-corrected chi connectivity index (χ4v) is 2.67. The quantitative estimate of drug-likeness (QED) is 0.664. The molecule has 8 heteroatoms. The molecule has 148 valence electrons. The lowest BCUT2D eigenvalue weighted by molar-refractivity contribution is 0.0600. The van der Waals surface area contributed by atoms with Crippen LogP contribution in [0.3, 0.4) is 0 Å². The van der Waals surface area contributed by atoms with Crippen molar-refractivity contribution in [3.63, 3.8) is 0 Å². The van der Waals surface area contributed by atoms with Gasteiger partial charge in [0, 0.05) is 11.1 Å². The number of hydrogen-bond acceptors (Lipinski definition) is 6. The van der Waals surface area contributed by atoms with Gasteiger partial charge >= 0.3 is 5.97 Å². The number of carbonyl (C=O) groups is 2. The third-order valence-corrected chi connectivity index (χ3v) is 4.12. The highest BCUT2D eigenvalue weighted by Gasteiger charge is 2.16. The van der Waals surface area contributed by atoms with Crippen LogP contribution in [0.5, 0.6) is 5.75 Å². The van der Waals surface area contributed by atoms with Crippen molar-refractivity contribution in [1.82, 2.24) is 10.2 Å². The number of ether oxygens (including phenoxy) is 2. The third kappa shape index (κ3) is 4.55. The van der Waals surface area contributed by atoms with Gasteiger partial charge in [0.2, 0.25) is 0 Å². The second-order valence-corrected chi connectivity index (χ2v) is 6.15. The summed E-state index contributed by atoms with van der Waals surface area (Å²) in [5, 5.41) is 10.6. The van der Waals surface area contributed by atoms with E-state index in [0.29, 0.717) is 17.0 Å². The number of benzene rings is 2. The Morgan fingerprint density at radius 3 is 2.41 bits per heavy atom. The lowest BCUT2D eigenvalue weighted by Crippen LogP contribution is -2.14. The van der Waals surface area contributed by atoms with Crippen molar-refractivity contribution in [2.75, 3.05) is 19.5 Å². The second kappa shape index (κ2) is 8.47. The van der Waals surface area contributed by atoms with Crippen molar-refractivity contribution in [3.8, 4) is 17.0 Å². The zero-order valence-electron chi connectivity index (χ0n) is 16.0. The van der Waals surface area contributed by atoms with Crippen molar-refractivity contribution in [2.24, 2.45) is 0 Å². The first-order valence-corrected chi connectivity index (χ1v) is 8.60. The number of anilines is 1. The normalized spacial score (nSPS) is 10.3. The van der Waals surface area contributed by atoms with Crippen LogP contribution in [-0.4, -0.2) is 36.3 Å². The molecule has 0 saturated carbocycles. The standard InChI is InChI=1S/C21H18FN3O4/c1-12-4-6-17(25-24-12)14-8-15(10-16(22)9-14)20(26)23-18-11-13(21(27)29-3)5-7-19(18)28-2/h4-11H,1-3H3,(H,23,26). The zero-order chi connectivity index (χ0) is 21.0. The van der Waals surface area contributed by atoms with Crippen LogP contribution in [0.2, 0.25) is 0 Å². The van der Waals surface area contributed by atoms with Crippen LogP contribution in [-0.2, 0) is 4.74 Å². The average Bonchev–Trinajstić information content (AvgIpc) is 2.73. The van der Waals surface area contributed by atoms with Crippen LogP contribution in [0.4, 0.5) is 10.1 Å². The van der Waals surface area contributed by atoms with Crippen LogP contribution >= 0.6 is 0 Å². The van der Waals surface area contributed by atoms with E-state index in [1.54, 1.807) is 19.1 Å². The Kier molecular flexibility index (Phi) is 5.82. The minimum atomic E-state index is -0.592. The fraction of sp³-hybridized carbons (Fsp3) is 0.143. The van der Waals surface area contributed by atoms with Crippen LogP contribution in [0, 0.1) is 12.7 Å². The SMILES string of the molecule is COC(=O)c1ccc(OC)c(NC(=O)c2cc(F)cc(-c3ccc(C)nn3)c2)c1. The Hall–Kier alpha value is -3.81. The molecule has 0 aliphatic rings. The number of aromatic nitrogens is 2. The van der Waals surface area contributed by atoms with Crippen LogP contribution < -0.4 is 10.1 Å². The van der Waals surface area contributed by atoms with E-state index in [0.717, 1.165) is 11.8 Å². The lowest BCUT2D eigenvalue weighted by atomic mass is 10.1. The first kappa shape index (κ1) is 19.9. The molecule has 0 spiro atoms. The molecule has 2 aromatic carbocycles. The molecule has 1 amide bonds. The summed E-state index contributed by atoms with van der Waals surface area (Å²) >= 11 is 0. The molecular formula is C21H18FN3O4. The minimum Gasteiger partial charge on any atom is -0.495 e. The number of rotatable bonds is 5. The largest absolute Gasteiger partial charge is 0.495 e. The van der Waals surface area contributed by atoms with E-state index in [9.17, 15) is 14.0 Å². The topological polar surface area (TPSA) is 90.4 Å². The zero-order valence-corrected chi connectivity index (χ0v) is 16.0. The van der Waals surface area contributed by atoms with Gasteiger partial charge < -0.3 is 14.8 Å². The number of nitrogens with one attached hydrogen (secondary N) is 1. The van der Waals surface area contributed by atoms with E-state index in [4.69, 9.17) is 4.74 Å².